The van der Waals surface area contributed by atoms with Crippen molar-refractivity contribution in [1.82, 2.24) is 10.3 Å². The average Bonchev–Trinajstić information content (AvgIpc) is 3.04. The lowest BCUT2D eigenvalue weighted by atomic mass is 10.1. The first-order chi connectivity index (χ1) is 12.5. The highest BCUT2D eigenvalue weighted by Gasteiger charge is 2.08. The summed E-state index contributed by atoms with van der Waals surface area (Å²) >= 11 is 0. The van der Waals surface area contributed by atoms with Gasteiger partial charge in [-0.2, -0.15) is 0 Å². The first-order valence-electron chi connectivity index (χ1n) is 8.20. The topological polar surface area (TPSA) is 84.2 Å². The molecule has 6 nitrogen and oxygen atoms in total. The van der Waals surface area contributed by atoms with Crippen molar-refractivity contribution in [3.8, 4) is 0 Å². The Hall–Kier alpha value is -3.41. The first kappa shape index (κ1) is 17.4. The molecule has 0 bridgehead atoms. The van der Waals surface area contributed by atoms with E-state index in [9.17, 15) is 9.59 Å². The van der Waals surface area contributed by atoms with Crippen molar-refractivity contribution in [2.24, 2.45) is 0 Å². The van der Waals surface area contributed by atoms with Gasteiger partial charge in [0.15, 0.2) is 5.58 Å². The number of rotatable bonds is 5. The summed E-state index contributed by atoms with van der Waals surface area (Å²) in [5, 5.41) is 5.36. The molecule has 2 amide bonds. The number of nitrogens with zero attached hydrogens (tertiary/aromatic N) is 1. The molecule has 6 heteroatoms. The molecule has 0 aliphatic carbocycles. The summed E-state index contributed by atoms with van der Waals surface area (Å²) in [6.45, 7) is 3.72. The summed E-state index contributed by atoms with van der Waals surface area (Å²) in [6.07, 6.45) is 2.76. The lowest BCUT2D eigenvalue weighted by Gasteiger charge is -2.11. The van der Waals surface area contributed by atoms with Crippen LogP contribution < -0.4 is 10.6 Å². The molecule has 0 atom stereocenters. The zero-order chi connectivity index (χ0) is 18.5. The molecule has 3 aromatic rings. The fourth-order valence-corrected chi connectivity index (χ4v) is 2.53. The molecule has 0 aliphatic rings. The van der Waals surface area contributed by atoms with Crippen LogP contribution in [0.15, 0.2) is 53.0 Å². The predicted octanol–water partition coefficient (Wildman–Crippen LogP) is 3.21. The molecule has 3 rings (SSSR count). The molecule has 0 fully saturated rings. The van der Waals surface area contributed by atoms with Crippen LogP contribution in [0.25, 0.3) is 17.2 Å². The third-order valence-electron chi connectivity index (χ3n) is 3.86. The average molecular weight is 349 g/mol. The highest BCUT2D eigenvalue weighted by molar-refractivity contribution is 5.98. The first-order valence-corrected chi connectivity index (χ1v) is 8.20. The molecular formula is C20H19N3O3. The Labute approximate surface area is 150 Å². The van der Waals surface area contributed by atoms with Crippen LogP contribution in [0, 0.1) is 13.8 Å². The van der Waals surface area contributed by atoms with Gasteiger partial charge in [-0.1, -0.05) is 30.3 Å². The number of aromatic nitrogens is 1. The monoisotopic (exact) mass is 349 g/mol. The minimum atomic E-state index is -0.399. The second kappa shape index (κ2) is 7.65. The Morgan fingerprint density at radius 3 is 2.54 bits per heavy atom. The van der Waals surface area contributed by atoms with E-state index in [0.717, 1.165) is 22.3 Å². The van der Waals surface area contributed by atoms with Gasteiger partial charge in [-0.15, -0.1) is 0 Å². The van der Waals surface area contributed by atoms with Gasteiger partial charge in [0.25, 0.3) is 0 Å². The van der Waals surface area contributed by atoms with E-state index < -0.39 is 5.91 Å². The Balaban J connectivity index is 1.54. The molecule has 132 valence electrons. The Morgan fingerprint density at radius 1 is 1.08 bits per heavy atom. The number of fused-ring (bicyclic) bond motifs is 1. The van der Waals surface area contributed by atoms with E-state index in [0.29, 0.717) is 11.5 Å². The number of para-hydroxylation sites is 3. The van der Waals surface area contributed by atoms with Gasteiger partial charge in [-0.3, -0.25) is 9.59 Å². The molecule has 2 aromatic carbocycles. The minimum absolute atomic E-state index is 0.121. The fraction of sp³-hybridized carbons (Fsp3) is 0.150. The summed E-state index contributed by atoms with van der Waals surface area (Å²) in [6, 6.07) is 13.1. The second-order valence-electron chi connectivity index (χ2n) is 5.89. The van der Waals surface area contributed by atoms with Crippen molar-refractivity contribution >= 4 is 34.7 Å². The van der Waals surface area contributed by atoms with Crippen LogP contribution in [-0.2, 0) is 9.59 Å². The van der Waals surface area contributed by atoms with Gasteiger partial charge in [0, 0.05) is 17.8 Å². The molecule has 0 saturated carbocycles. The smallest absolute Gasteiger partial charge is 0.244 e. The maximum Gasteiger partial charge on any atom is 0.244 e. The van der Waals surface area contributed by atoms with Crippen LogP contribution in [0.5, 0.6) is 0 Å². The predicted molar refractivity (Wildman–Crippen MR) is 101 cm³/mol. The third kappa shape index (κ3) is 4.16. The van der Waals surface area contributed by atoms with E-state index in [1.54, 1.807) is 6.07 Å². The summed E-state index contributed by atoms with van der Waals surface area (Å²) in [4.78, 5) is 28.1. The standard InChI is InChI=1S/C20H19N3O3/c1-13-6-5-7-14(2)20(13)23-18(25)12-21-17(24)10-11-19-22-15-8-3-4-9-16(15)26-19/h3-11H,12H2,1-2H3,(H,21,24)(H,23,25)/b11-10+. The van der Waals surface area contributed by atoms with E-state index in [-0.39, 0.29) is 12.5 Å². The lowest BCUT2D eigenvalue weighted by molar-refractivity contribution is -0.121. The van der Waals surface area contributed by atoms with Gasteiger partial charge in [0.2, 0.25) is 17.7 Å². The number of aryl methyl sites for hydroxylation is 2. The Morgan fingerprint density at radius 2 is 1.81 bits per heavy atom. The Kier molecular flexibility index (Phi) is 5.12. The summed E-state index contributed by atoms with van der Waals surface area (Å²) in [7, 11) is 0. The molecule has 0 saturated heterocycles. The normalized spacial score (nSPS) is 11.0. The molecule has 0 aliphatic heterocycles. The van der Waals surface area contributed by atoms with Gasteiger partial charge >= 0.3 is 0 Å². The largest absolute Gasteiger partial charge is 0.437 e. The number of anilines is 1. The van der Waals surface area contributed by atoms with Crippen LogP contribution in [0.3, 0.4) is 0 Å². The molecule has 0 radical (unpaired) electrons. The Bertz CT molecular complexity index is 936. The van der Waals surface area contributed by atoms with Crippen molar-refractivity contribution in [1.29, 1.82) is 0 Å². The number of oxazole rings is 1. The van der Waals surface area contributed by atoms with Crippen LogP contribution >= 0.6 is 0 Å². The number of hydrogen-bond acceptors (Lipinski definition) is 4. The molecule has 26 heavy (non-hydrogen) atoms. The molecule has 2 N–H and O–H groups in total. The second-order valence-corrected chi connectivity index (χ2v) is 5.89. The summed E-state index contributed by atoms with van der Waals surface area (Å²) in [5.41, 5.74) is 4.09. The number of hydrogen-bond donors (Lipinski definition) is 2. The number of nitrogens with one attached hydrogen (secondary N) is 2. The van der Waals surface area contributed by atoms with E-state index in [2.05, 4.69) is 15.6 Å². The van der Waals surface area contributed by atoms with Crippen LogP contribution in [0.2, 0.25) is 0 Å². The maximum atomic E-state index is 12.0. The van der Waals surface area contributed by atoms with E-state index in [1.165, 1.54) is 12.2 Å². The molecular weight excluding hydrogens is 330 g/mol. The number of benzene rings is 2. The van der Waals surface area contributed by atoms with Crippen LogP contribution in [0.4, 0.5) is 5.69 Å². The van der Waals surface area contributed by atoms with Crippen molar-refractivity contribution in [3.05, 3.63) is 65.6 Å². The molecule has 1 heterocycles. The zero-order valence-corrected chi connectivity index (χ0v) is 14.6. The van der Waals surface area contributed by atoms with Crippen LogP contribution in [-0.4, -0.2) is 23.3 Å². The van der Waals surface area contributed by atoms with E-state index >= 15 is 0 Å². The number of carbonyl (C=O) groups is 2. The van der Waals surface area contributed by atoms with Crippen molar-refractivity contribution in [2.75, 3.05) is 11.9 Å². The third-order valence-corrected chi connectivity index (χ3v) is 3.86. The summed E-state index contributed by atoms with van der Waals surface area (Å²) < 4.78 is 5.49. The molecule has 0 unspecified atom stereocenters. The van der Waals surface area contributed by atoms with Crippen molar-refractivity contribution in [2.45, 2.75) is 13.8 Å². The van der Waals surface area contributed by atoms with Gasteiger partial charge in [-0.05, 0) is 37.1 Å². The van der Waals surface area contributed by atoms with Gasteiger partial charge < -0.3 is 15.1 Å². The fourth-order valence-electron chi connectivity index (χ4n) is 2.53. The van der Waals surface area contributed by atoms with Crippen LogP contribution in [0.1, 0.15) is 17.0 Å². The number of carbonyl (C=O) groups excluding carboxylic acids is 2. The lowest BCUT2D eigenvalue weighted by Crippen LogP contribution is -2.32. The van der Waals surface area contributed by atoms with E-state index in [4.69, 9.17) is 4.42 Å². The van der Waals surface area contributed by atoms with E-state index in [1.807, 2.05) is 50.2 Å². The SMILES string of the molecule is Cc1cccc(C)c1NC(=O)CNC(=O)/C=C/c1nc2ccccc2o1. The summed E-state index contributed by atoms with van der Waals surface area (Å²) in [5.74, 6) is -0.351. The molecule has 1 aromatic heterocycles. The number of amides is 2. The quantitative estimate of drug-likeness (QED) is 0.693. The highest BCUT2D eigenvalue weighted by Crippen LogP contribution is 2.19. The van der Waals surface area contributed by atoms with Gasteiger partial charge in [-0.25, -0.2) is 4.98 Å². The molecule has 0 spiro atoms. The van der Waals surface area contributed by atoms with Gasteiger partial charge in [0.05, 0.1) is 6.54 Å². The van der Waals surface area contributed by atoms with Crippen molar-refractivity contribution in [3.63, 3.8) is 0 Å². The highest BCUT2D eigenvalue weighted by atomic mass is 16.3. The minimum Gasteiger partial charge on any atom is -0.437 e. The van der Waals surface area contributed by atoms with Crippen molar-refractivity contribution < 1.29 is 14.0 Å². The van der Waals surface area contributed by atoms with Gasteiger partial charge in [0.1, 0.15) is 5.52 Å². The zero-order valence-electron chi connectivity index (χ0n) is 14.6. The maximum absolute atomic E-state index is 12.0.